The Balaban J connectivity index is 2.34. The fraction of sp³-hybridized carbons (Fsp3) is 0.545. The van der Waals surface area contributed by atoms with Gasteiger partial charge in [-0.3, -0.25) is 9.36 Å². The van der Waals surface area contributed by atoms with Crippen LogP contribution in [0.5, 0.6) is 0 Å². The molecule has 1 fully saturated rings. The highest BCUT2D eigenvalue weighted by Gasteiger charge is 2.51. The molecule has 0 saturated carbocycles. The van der Waals surface area contributed by atoms with Crippen molar-refractivity contribution in [2.75, 3.05) is 12.3 Å². The molecule has 0 radical (unpaired) electrons. The van der Waals surface area contributed by atoms with E-state index in [-0.39, 0.29) is 12.2 Å². The molecule has 2 rings (SSSR count). The molecule has 8 heteroatoms. The predicted octanol–water partition coefficient (Wildman–Crippen LogP) is -0.804. The number of aliphatic hydroxyl groups is 1. The Bertz CT molecular complexity index is 558. The van der Waals surface area contributed by atoms with Crippen molar-refractivity contribution < 1.29 is 19.7 Å². The van der Waals surface area contributed by atoms with E-state index < -0.39 is 36.0 Å². The van der Waals surface area contributed by atoms with Crippen molar-refractivity contribution in [1.82, 2.24) is 9.55 Å². The van der Waals surface area contributed by atoms with Crippen LogP contribution in [0.1, 0.15) is 19.6 Å². The molecule has 0 aliphatic carbocycles. The molecule has 104 valence electrons. The van der Waals surface area contributed by atoms with E-state index in [1.54, 1.807) is 0 Å². The number of aliphatic hydroxyl groups excluding tert-OH is 1. The Morgan fingerprint density at radius 1 is 1.74 bits per heavy atom. The van der Waals surface area contributed by atoms with Crippen LogP contribution in [0.25, 0.3) is 0 Å². The van der Waals surface area contributed by atoms with Crippen molar-refractivity contribution in [3.8, 4) is 0 Å². The summed E-state index contributed by atoms with van der Waals surface area (Å²) in [6, 6.07) is 1.43. The molecule has 1 saturated heterocycles. The molecule has 1 aliphatic heterocycles. The van der Waals surface area contributed by atoms with Gasteiger partial charge in [0.2, 0.25) is 0 Å². The molecule has 1 aromatic rings. The Morgan fingerprint density at radius 2 is 2.42 bits per heavy atom. The van der Waals surface area contributed by atoms with Crippen molar-refractivity contribution in [2.45, 2.75) is 25.7 Å². The highest BCUT2D eigenvalue weighted by molar-refractivity contribution is 5.75. The average molecular weight is 269 g/mol. The molecule has 1 aliphatic rings. The van der Waals surface area contributed by atoms with Crippen molar-refractivity contribution in [3.05, 3.63) is 22.7 Å². The minimum absolute atomic E-state index is 0.0685. The van der Waals surface area contributed by atoms with E-state index in [9.17, 15) is 19.8 Å². The number of anilines is 1. The third-order valence-electron chi connectivity index (χ3n) is 3.45. The molecule has 0 amide bonds. The number of hydrogen-bond donors (Lipinski definition) is 3. The summed E-state index contributed by atoms with van der Waals surface area (Å²) >= 11 is 0. The fourth-order valence-corrected chi connectivity index (χ4v) is 2.16. The van der Waals surface area contributed by atoms with Crippen LogP contribution in [0, 0.1) is 5.41 Å². The Morgan fingerprint density at radius 3 is 2.89 bits per heavy atom. The van der Waals surface area contributed by atoms with E-state index in [1.807, 2.05) is 0 Å². The minimum atomic E-state index is -1.25. The summed E-state index contributed by atoms with van der Waals surface area (Å²) in [7, 11) is 0. The van der Waals surface area contributed by atoms with Crippen LogP contribution in [0.3, 0.4) is 0 Å². The van der Waals surface area contributed by atoms with Gasteiger partial charge in [0, 0.05) is 12.6 Å². The minimum Gasteiger partial charge on any atom is -0.481 e. The quantitative estimate of drug-likeness (QED) is 0.655. The lowest BCUT2D eigenvalue weighted by atomic mass is 9.83. The second-order valence-corrected chi connectivity index (χ2v) is 4.73. The lowest BCUT2D eigenvalue weighted by Crippen LogP contribution is -2.38. The molecule has 0 bridgehead atoms. The van der Waals surface area contributed by atoms with E-state index in [0.717, 1.165) is 0 Å². The molecule has 0 spiro atoms. The molecule has 19 heavy (non-hydrogen) atoms. The second-order valence-electron chi connectivity index (χ2n) is 4.73. The number of nitrogen functional groups attached to an aromatic ring is 1. The summed E-state index contributed by atoms with van der Waals surface area (Å²) < 4.78 is 6.62. The first kappa shape index (κ1) is 13.5. The van der Waals surface area contributed by atoms with Gasteiger partial charge in [-0.25, -0.2) is 4.79 Å². The van der Waals surface area contributed by atoms with E-state index >= 15 is 0 Å². The normalized spacial score (nSPS) is 30.4. The summed E-state index contributed by atoms with van der Waals surface area (Å²) in [5.41, 5.74) is 3.52. The highest BCUT2D eigenvalue weighted by Crippen LogP contribution is 2.42. The first-order valence-corrected chi connectivity index (χ1v) is 5.73. The fourth-order valence-electron chi connectivity index (χ4n) is 2.16. The first-order valence-electron chi connectivity index (χ1n) is 5.73. The van der Waals surface area contributed by atoms with Gasteiger partial charge >= 0.3 is 11.7 Å². The van der Waals surface area contributed by atoms with Crippen LogP contribution in [-0.4, -0.2) is 38.4 Å². The molecule has 3 atom stereocenters. The van der Waals surface area contributed by atoms with E-state index in [1.165, 1.54) is 23.8 Å². The van der Waals surface area contributed by atoms with Gasteiger partial charge in [0.1, 0.15) is 12.0 Å². The average Bonchev–Trinajstić information content (AvgIpc) is 2.67. The molecular formula is C11H15N3O5. The SMILES string of the molecule is C[C@]1(C(=O)O)C[C@H](n2ccc(N)nc2=O)O[C@H]1CO. The van der Waals surface area contributed by atoms with Gasteiger partial charge in [-0.15, -0.1) is 0 Å². The Labute approximate surface area is 108 Å². The smallest absolute Gasteiger partial charge is 0.351 e. The number of ether oxygens (including phenoxy) is 1. The summed E-state index contributed by atoms with van der Waals surface area (Å²) in [4.78, 5) is 26.5. The molecule has 0 unspecified atom stereocenters. The maximum Gasteiger partial charge on any atom is 0.351 e. The number of aliphatic carboxylic acids is 1. The van der Waals surface area contributed by atoms with Crippen molar-refractivity contribution in [1.29, 1.82) is 0 Å². The maximum absolute atomic E-state index is 11.7. The van der Waals surface area contributed by atoms with Crippen LogP contribution in [-0.2, 0) is 9.53 Å². The zero-order valence-electron chi connectivity index (χ0n) is 10.3. The number of nitrogens with zero attached hydrogens (tertiary/aromatic N) is 2. The second kappa shape index (κ2) is 4.63. The molecule has 4 N–H and O–H groups in total. The monoisotopic (exact) mass is 269 g/mol. The van der Waals surface area contributed by atoms with Gasteiger partial charge in [-0.2, -0.15) is 4.98 Å². The standard InChI is InChI=1S/C11H15N3O5/c1-11(9(16)17)4-8(19-6(11)5-15)14-3-2-7(12)13-10(14)18/h2-3,6,8,15H,4-5H2,1H3,(H,16,17)(H2,12,13,18)/t6-,8+,11-/m0/s1. The predicted molar refractivity (Wildman–Crippen MR) is 64.3 cm³/mol. The summed E-state index contributed by atoms with van der Waals surface area (Å²) in [5, 5.41) is 18.5. The van der Waals surface area contributed by atoms with Gasteiger partial charge in [0.25, 0.3) is 0 Å². The Kier molecular flexibility index (Phi) is 3.29. The molecule has 8 nitrogen and oxygen atoms in total. The lowest BCUT2D eigenvalue weighted by Gasteiger charge is -2.22. The number of aromatic nitrogens is 2. The van der Waals surface area contributed by atoms with Crippen molar-refractivity contribution in [2.24, 2.45) is 5.41 Å². The van der Waals surface area contributed by atoms with Crippen LogP contribution in [0.4, 0.5) is 5.82 Å². The van der Waals surface area contributed by atoms with E-state index in [2.05, 4.69) is 4.98 Å². The lowest BCUT2D eigenvalue weighted by molar-refractivity contribution is -0.152. The van der Waals surface area contributed by atoms with Crippen LogP contribution >= 0.6 is 0 Å². The van der Waals surface area contributed by atoms with Gasteiger partial charge in [0.15, 0.2) is 0 Å². The third kappa shape index (κ3) is 2.20. The molecule has 0 aromatic carbocycles. The number of hydrogen-bond acceptors (Lipinski definition) is 6. The molecular weight excluding hydrogens is 254 g/mol. The number of nitrogens with two attached hydrogens (primary N) is 1. The molecule has 2 heterocycles. The van der Waals surface area contributed by atoms with Crippen molar-refractivity contribution >= 4 is 11.8 Å². The zero-order valence-corrected chi connectivity index (χ0v) is 10.3. The van der Waals surface area contributed by atoms with E-state index in [0.29, 0.717) is 0 Å². The first-order chi connectivity index (χ1) is 8.88. The van der Waals surface area contributed by atoms with Gasteiger partial charge in [-0.05, 0) is 13.0 Å². The third-order valence-corrected chi connectivity index (χ3v) is 3.45. The number of carboxylic acid groups (broad SMARTS) is 1. The number of carbonyl (C=O) groups is 1. The zero-order chi connectivity index (χ0) is 14.2. The van der Waals surface area contributed by atoms with Crippen LogP contribution < -0.4 is 11.4 Å². The van der Waals surface area contributed by atoms with Crippen LogP contribution in [0.2, 0.25) is 0 Å². The number of rotatable bonds is 3. The number of carboxylic acids is 1. The van der Waals surface area contributed by atoms with Gasteiger partial charge in [-0.1, -0.05) is 0 Å². The molecule has 1 aromatic heterocycles. The van der Waals surface area contributed by atoms with E-state index in [4.69, 9.17) is 10.5 Å². The van der Waals surface area contributed by atoms with Gasteiger partial charge in [0.05, 0.1) is 18.1 Å². The summed E-state index contributed by atoms with van der Waals surface area (Å²) in [6.07, 6.45) is -0.186. The van der Waals surface area contributed by atoms with Gasteiger partial charge < -0.3 is 20.7 Å². The maximum atomic E-state index is 11.7. The topological polar surface area (TPSA) is 128 Å². The largest absolute Gasteiger partial charge is 0.481 e. The van der Waals surface area contributed by atoms with Crippen LogP contribution in [0.15, 0.2) is 17.1 Å². The summed E-state index contributed by atoms with van der Waals surface area (Å²) in [5.74, 6) is -0.996. The Hall–Kier alpha value is -1.93. The summed E-state index contributed by atoms with van der Waals surface area (Å²) in [6.45, 7) is 1.04. The highest BCUT2D eigenvalue weighted by atomic mass is 16.5. The van der Waals surface area contributed by atoms with Crippen molar-refractivity contribution in [3.63, 3.8) is 0 Å².